The fourth-order valence-electron chi connectivity index (χ4n) is 4.72. The minimum absolute atomic E-state index is 0.0427. The molecule has 31 heavy (non-hydrogen) atoms. The normalized spacial score (nSPS) is 17.7. The van der Waals surface area contributed by atoms with Crippen molar-refractivity contribution in [1.82, 2.24) is 9.88 Å². The molecular formula is C25H28N4O2. The number of hydrogen-bond acceptors (Lipinski definition) is 4. The van der Waals surface area contributed by atoms with Gasteiger partial charge in [0.1, 0.15) is 0 Å². The van der Waals surface area contributed by atoms with E-state index in [-0.39, 0.29) is 6.03 Å². The first kappa shape index (κ1) is 19.8. The van der Waals surface area contributed by atoms with Crippen LogP contribution in [-0.4, -0.2) is 55.3 Å². The van der Waals surface area contributed by atoms with Crippen molar-refractivity contribution in [2.75, 3.05) is 49.6 Å². The molecule has 5 rings (SSSR count). The van der Waals surface area contributed by atoms with Gasteiger partial charge in [0.25, 0.3) is 0 Å². The molecule has 1 N–H and O–H groups in total. The van der Waals surface area contributed by atoms with E-state index < -0.39 is 0 Å². The predicted molar refractivity (Wildman–Crippen MR) is 124 cm³/mol. The highest BCUT2D eigenvalue weighted by atomic mass is 16.5. The maximum Gasteiger partial charge on any atom is 0.321 e. The Kier molecular flexibility index (Phi) is 5.71. The number of urea groups is 1. The Morgan fingerprint density at radius 3 is 2.55 bits per heavy atom. The van der Waals surface area contributed by atoms with E-state index in [0.29, 0.717) is 19.1 Å². The highest BCUT2D eigenvalue weighted by molar-refractivity contribution is 5.92. The summed E-state index contributed by atoms with van der Waals surface area (Å²) in [5.74, 6) is 1.31. The van der Waals surface area contributed by atoms with Gasteiger partial charge in [0.05, 0.1) is 18.9 Å². The summed E-state index contributed by atoms with van der Waals surface area (Å²) in [6.45, 7) is 4.46. The van der Waals surface area contributed by atoms with Gasteiger partial charge in [0.2, 0.25) is 0 Å². The molecule has 0 spiro atoms. The van der Waals surface area contributed by atoms with Gasteiger partial charge >= 0.3 is 6.03 Å². The molecule has 0 radical (unpaired) electrons. The van der Waals surface area contributed by atoms with Gasteiger partial charge in [0, 0.05) is 32.4 Å². The number of ether oxygens (including phenoxy) is 1. The molecule has 0 bridgehead atoms. The lowest BCUT2D eigenvalue weighted by molar-refractivity contribution is 0.122. The van der Waals surface area contributed by atoms with Gasteiger partial charge in [0.15, 0.2) is 5.82 Å². The lowest BCUT2D eigenvalue weighted by Gasteiger charge is -2.33. The number of carbonyl (C=O) groups is 1. The van der Waals surface area contributed by atoms with E-state index in [9.17, 15) is 4.79 Å². The smallest absolute Gasteiger partial charge is 0.321 e. The first-order valence-electron chi connectivity index (χ1n) is 11.1. The van der Waals surface area contributed by atoms with Crippen molar-refractivity contribution < 1.29 is 9.53 Å². The molecule has 0 saturated carbocycles. The van der Waals surface area contributed by atoms with E-state index in [0.717, 1.165) is 50.5 Å². The number of hydrogen-bond donors (Lipinski definition) is 1. The van der Waals surface area contributed by atoms with Gasteiger partial charge in [-0.2, -0.15) is 0 Å². The molecule has 2 amide bonds. The standard InChI is InChI=1S/C25H28N4O2/c30-25(27-23-9-4-12-26-24(23)28-15-17-31-18-16-28)29-13-10-20(11-14-29)22-8-3-6-19-5-1-2-7-21(19)22/h1-9,12,20H,10-11,13-18H2,(H,27,30). The fourth-order valence-corrected chi connectivity index (χ4v) is 4.72. The number of likely N-dealkylation sites (tertiary alicyclic amines) is 1. The van der Waals surface area contributed by atoms with Crippen LogP contribution in [0.1, 0.15) is 24.3 Å². The van der Waals surface area contributed by atoms with Gasteiger partial charge in [-0.25, -0.2) is 9.78 Å². The van der Waals surface area contributed by atoms with E-state index in [1.54, 1.807) is 6.20 Å². The molecule has 0 aliphatic carbocycles. The average molecular weight is 417 g/mol. The Bertz CT molecular complexity index is 1050. The van der Waals surface area contributed by atoms with Crippen LogP contribution < -0.4 is 10.2 Å². The largest absolute Gasteiger partial charge is 0.378 e. The number of benzene rings is 2. The van der Waals surface area contributed by atoms with Crippen LogP contribution in [0.15, 0.2) is 60.8 Å². The monoisotopic (exact) mass is 416 g/mol. The summed E-state index contributed by atoms with van der Waals surface area (Å²) in [6.07, 6.45) is 3.73. The molecule has 6 heteroatoms. The highest BCUT2D eigenvalue weighted by Crippen LogP contribution is 2.33. The summed E-state index contributed by atoms with van der Waals surface area (Å²) in [4.78, 5) is 21.6. The number of aromatic nitrogens is 1. The van der Waals surface area contributed by atoms with E-state index in [4.69, 9.17) is 4.74 Å². The SMILES string of the molecule is O=C(Nc1cccnc1N1CCOCC1)N1CCC(c2cccc3ccccc23)CC1. The second-order valence-corrected chi connectivity index (χ2v) is 8.23. The number of carbonyl (C=O) groups excluding carboxylic acids is 1. The van der Waals surface area contributed by atoms with Crippen molar-refractivity contribution in [1.29, 1.82) is 0 Å². The summed E-state index contributed by atoms with van der Waals surface area (Å²) in [5.41, 5.74) is 2.17. The Labute approximate surface area is 182 Å². The molecule has 3 heterocycles. The van der Waals surface area contributed by atoms with Crippen LogP contribution in [0.25, 0.3) is 10.8 Å². The molecule has 2 fully saturated rings. The van der Waals surface area contributed by atoms with Gasteiger partial charge in [-0.3, -0.25) is 0 Å². The lowest BCUT2D eigenvalue weighted by atomic mass is 9.86. The third-order valence-electron chi connectivity index (χ3n) is 6.38. The van der Waals surface area contributed by atoms with Crippen LogP contribution in [0.3, 0.4) is 0 Å². The number of amides is 2. The van der Waals surface area contributed by atoms with E-state index in [1.807, 2.05) is 17.0 Å². The topological polar surface area (TPSA) is 57.7 Å². The molecule has 0 unspecified atom stereocenters. The van der Waals surface area contributed by atoms with Crippen LogP contribution in [0.4, 0.5) is 16.3 Å². The number of rotatable bonds is 3. The Balaban J connectivity index is 1.25. The Morgan fingerprint density at radius 2 is 1.71 bits per heavy atom. The lowest BCUT2D eigenvalue weighted by Crippen LogP contribution is -2.41. The zero-order valence-corrected chi connectivity index (χ0v) is 17.7. The van der Waals surface area contributed by atoms with Crippen LogP contribution in [-0.2, 0) is 4.74 Å². The second-order valence-electron chi connectivity index (χ2n) is 8.23. The summed E-state index contributed by atoms with van der Waals surface area (Å²) in [7, 11) is 0. The number of fused-ring (bicyclic) bond motifs is 1. The zero-order chi connectivity index (χ0) is 21.0. The van der Waals surface area contributed by atoms with Gasteiger partial charge in [-0.05, 0) is 47.2 Å². The third kappa shape index (κ3) is 4.21. The van der Waals surface area contributed by atoms with Gasteiger partial charge in [-0.1, -0.05) is 42.5 Å². The molecule has 2 aliphatic rings. The molecular weight excluding hydrogens is 388 g/mol. The number of nitrogens with zero attached hydrogens (tertiary/aromatic N) is 3. The number of pyridine rings is 1. The van der Waals surface area contributed by atoms with Crippen LogP contribution in [0.5, 0.6) is 0 Å². The second kappa shape index (κ2) is 8.94. The minimum atomic E-state index is -0.0427. The van der Waals surface area contributed by atoms with Crippen LogP contribution in [0.2, 0.25) is 0 Å². The van der Waals surface area contributed by atoms with Gasteiger partial charge < -0.3 is 19.9 Å². The molecule has 0 atom stereocenters. The summed E-state index contributed by atoms with van der Waals surface area (Å²) in [6, 6.07) is 18.9. The van der Waals surface area contributed by atoms with Crippen LogP contribution in [0, 0.1) is 0 Å². The zero-order valence-electron chi connectivity index (χ0n) is 17.7. The van der Waals surface area contributed by atoms with E-state index in [1.165, 1.54) is 16.3 Å². The molecule has 2 aliphatic heterocycles. The van der Waals surface area contributed by atoms with E-state index >= 15 is 0 Å². The first-order valence-corrected chi connectivity index (χ1v) is 11.1. The number of anilines is 2. The van der Waals surface area contributed by atoms with Crippen molar-refractivity contribution in [3.8, 4) is 0 Å². The van der Waals surface area contributed by atoms with Gasteiger partial charge in [-0.15, -0.1) is 0 Å². The third-order valence-corrected chi connectivity index (χ3v) is 6.38. The molecule has 6 nitrogen and oxygen atoms in total. The molecule has 2 aromatic carbocycles. The van der Waals surface area contributed by atoms with Crippen molar-refractivity contribution >= 4 is 28.3 Å². The van der Waals surface area contributed by atoms with Crippen molar-refractivity contribution in [2.45, 2.75) is 18.8 Å². The Morgan fingerprint density at radius 1 is 0.935 bits per heavy atom. The maximum atomic E-state index is 13.0. The van der Waals surface area contributed by atoms with Crippen molar-refractivity contribution in [3.05, 3.63) is 66.4 Å². The number of piperidine rings is 1. The molecule has 160 valence electrons. The summed E-state index contributed by atoms with van der Waals surface area (Å²) >= 11 is 0. The number of morpholine rings is 1. The predicted octanol–water partition coefficient (Wildman–Crippen LogP) is 4.48. The van der Waals surface area contributed by atoms with E-state index in [2.05, 4.69) is 57.7 Å². The molecule has 2 saturated heterocycles. The van der Waals surface area contributed by atoms with Crippen molar-refractivity contribution in [2.24, 2.45) is 0 Å². The molecule has 1 aromatic heterocycles. The highest BCUT2D eigenvalue weighted by Gasteiger charge is 2.26. The number of nitrogens with one attached hydrogen (secondary N) is 1. The summed E-state index contributed by atoms with van der Waals surface area (Å²) in [5, 5.41) is 5.72. The first-order chi connectivity index (χ1) is 15.3. The molecule has 3 aromatic rings. The summed E-state index contributed by atoms with van der Waals surface area (Å²) < 4.78 is 5.45. The Hall–Kier alpha value is -3.12. The fraction of sp³-hybridized carbons (Fsp3) is 0.360. The minimum Gasteiger partial charge on any atom is -0.378 e. The van der Waals surface area contributed by atoms with Crippen LogP contribution >= 0.6 is 0 Å². The average Bonchev–Trinajstić information content (AvgIpc) is 2.85. The quantitative estimate of drug-likeness (QED) is 0.684. The van der Waals surface area contributed by atoms with Crippen molar-refractivity contribution in [3.63, 3.8) is 0 Å². The maximum absolute atomic E-state index is 13.0.